The Labute approximate surface area is 167 Å². The van der Waals surface area contributed by atoms with E-state index >= 15 is 0 Å². The van der Waals surface area contributed by atoms with Crippen molar-refractivity contribution in [1.29, 1.82) is 0 Å². The van der Waals surface area contributed by atoms with Gasteiger partial charge in [-0.2, -0.15) is 0 Å². The fourth-order valence-electron chi connectivity index (χ4n) is 3.33. The van der Waals surface area contributed by atoms with Crippen LogP contribution in [0.3, 0.4) is 0 Å². The van der Waals surface area contributed by atoms with Crippen molar-refractivity contribution in [2.24, 2.45) is 0 Å². The molecular weight excluding hydrogens is 378 g/mol. The lowest BCUT2D eigenvalue weighted by atomic mass is 9.97. The molecule has 2 aromatic heterocycles. The third-order valence-corrected chi connectivity index (χ3v) is 5.80. The van der Waals surface area contributed by atoms with E-state index in [2.05, 4.69) is 15.3 Å². The smallest absolute Gasteiger partial charge is 0.307 e. The predicted molar refractivity (Wildman–Crippen MR) is 109 cm³/mol. The number of ether oxygens (including phenoxy) is 1. The first-order valence-corrected chi connectivity index (χ1v) is 10.5. The number of hydrogen-bond donors (Lipinski definition) is 2. The van der Waals surface area contributed by atoms with E-state index in [1.807, 2.05) is 20.8 Å². The fourth-order valence-corrected chi connectivity index (χ4v) is 4.61. The van der Waals surface area contributed by atoms with Gasteiger partial charge in [-0.25, -0.2) is 4.98 Å². The minimum atomic E-state index is -0.870. The van der Waals surface area contributed by atoms with Crippen LogP contribution in [0.2, 0.25) is 0 Å². The molecule has 8 heteroatoms. The molecule has 152 valence electrons. The maximum Gasteiger partial charge on any atom is 0.307 e. The molecule has 0 aromatic carbocycles. The van der Waals surface area contributed by atoms with Crippen LogP contribution in [0.5, 0.6) is 0 Å². The molecule has 1 aliphatic rings. The van der Waals surface area contributed by atoms with Crippen molar-refractivity contribution in [2.75, 3.05) is 0 Å². The van der Waals surface area contributed by atoms with Gasteiger partial charge in [0.05, 0.1) is 11.8 Å². The van der Waals surface area contributed by atoms with E-state index < -0.39 is 17.6 Å². The summed E-state index contributed by atoms with van der Waals surface area (Å²) in [6.45, 7) is 7.13. The van der Waals surface area contributed by atoms with Crippen molar-refractivity contribution >= 4 is 33.4 Å². The standard InChI is InChI=1S/C20H27N3O4S/c1-11(17(25)23-20(2,3)4)27-15(24)10-9-14-21-18(26)16-12-7-5-6-8-13(12)28-19(16)22-14/h11H,5-10H2,1-4H3,(H,23,25)(H,21,22,26)/t11-/m0/s1. The van der Waals surface area contributed by atoms with Crippen LogP contribution in [0.1, 0.15) is 63.2 Å². The van der Waals surface area contributed by atoms with Gasteiger partial charge in [0.25, 0.3) is 11.5 Å². The molecule has 0 saturated heterocycles. The van der Waals surface area contributed by atoms with Gasteiger partial charge in [-0.3, -0.25) is 14.4 Å². The number of aryl methyl sites for hydroxylation is 3. The van der Waals surface area contributed by atoms with Crippen molar-refractivity contribution in [3.63, 3.8) is 0 Å². The molecule has 0 spiro atoms. The number of carbonyl (C=O) groups excluding carboxylic acids is 2. The van der Waals surface area contributed by atoms with E-state index in [1.54, 1.807) is 18.3 Å². The van der Waals surface area contributed by atoms with Gasteiger partial charge in [0.2, 0.25) is 0 Å². The average Bonchev–Trinajstić information content (AvgIpc) is 2.97. The molecule has 0 bridgehead atoms. The van der Waals surface area contributed by atoms with Crippen molar-refractivity contribution < 1.29 is 14.3 Å². The maximum absolute atomic E-state index is 12.5. The van der Waals surface area contributed by atoms with Gasteiger partial charge >= 0.3 is 5.97 Å². The monoisotopic (exact) mass is 405 g/mol. The van der Waals surface area contributed by atoms with E-state index in [0.717, 1.165) is 36.1 Å². The Bertz CT molecular complexity index is 955. The number of thiophene rings is 1. The highest BCUT2D eigenvalue weighted by atomic mass is 32.1. The number of esters is 1. The first-order chi connectivity index (χ1) is 13.1. The summed E-state index contributed by atoms with van der Waals surface area (Å²) in [5.41, 5.74) is 0.617. The zero-order chi connectivity index (χ0) is 20.5. The third-order valence-electron chi connectivity index (χ3n) is 4.62. The Hall–Kier alpha value is -2.22. The molecule has 1 aliphatic carbocycles. The van der Waals surface area contributed by atoms with E-state index in [1.165, 1.54) is 4.88 Å². The first kappa shape index (κ1) is 20.5. The number of hydrogen-bond acceptors (Lipinski definition) is 6. The second kappa shape index (κ2) is 8.03. The van der Waals surface area contributed by atoms with Gasteiger partial charge in [-0.15, -0.1) is 11.3 Å². The lowest BCUT2D eigenvalue weighted by Crippen LogP contribution is -2.46. The molecule has 3 rings (SSSR count). The molecule has 0 radical (unpaired) electrons. The van der Waals surface area contributed by atoms with Gasteiger partial charge in [0.1, 0.15) is 10.7 Å². The normalized spacial score (nSPS) is 15.1. The van der Waals surface area contributed by atoms with Crippen LogP contribution in [-0.2, 0) is 33.6 Å². The third kappa shape index (κ3) is 4.79. The number of H-pyrrole nitrogens is 1. The minimum absolute atomic E-state index is 0.0483. The Morgan fingerprint density at radius 2 is 2.00 bits per heavy atom. The van der Waals surface area contributed by atoms with Crippen LogP contribution in [0.15, 0.2) is 4.79 Å². The number of aromatic nitrogens is 2. The van der Waals surface area contributed by atoms with Crippen LogP contribution in [0.25, 0.3) is 10.2 Å². The molecule has 2 heterocycles. The van der Waals surface area contributed by atoms with Gasteiger partial charge in [0, 0.05) is 16.8 Å². The highest BCUT2D eigenvalue weighted by molar-refractivity contribution is 7.18. The Morgan fingerprint density at radius 3 is 2.71 bits per heavy atom. The summed E-state index contributed by atoms with van der Waals surface area (Å²) in [6.07, 6.45) is 3.63. The van der Waals surface area contributed by atoms with Crippen LogP contribution in [0, 0.1) is 0 Å². The quantitative estimate of drug-likeness (QED) is 0.745. The second-order valence-electron chi connectivity index (χ2n) is 8.28. The number of aromatic amines is 1. The summed E-state index contributed by atoms with van der Waals surface area (Å²) in [6, 6.07) is 0. The van der Waals surface area contributed by atoms with Gasteiger partial charge in [-0.1, -0.05) is 0 Å². The van der Waals surface area contributed by atoms with E-state index in [0.29, 0.717) is 11.2 Å². The maximum atomic E-state index is 12.5. The topological polar surface area (TPSA) is 101 Å². The molecule has 0 unspecified atom stereocenters. The van der Waals surface area contributed by atoms with Crippen LogP contribution < -0.4 is 10.9 Å². The van der Waals surface area contributed by atoms with Gasteiger partial charge < -0.3 is 15.0 Å². The van der Waals surface area contributed by atoms with E-state index in [9.17, 15) is 14.4 Å². The number of fused-ring (bicyclic) bond motifs is 3. The van der Waals surface area contributed by atoms with Crippen molar-refractivity contribution in [2.45, 2.75) is 77.9 Å². The summed E-state index contributed by atoms with van der Waals surface area (Å²) in [5.74, 6) is -0.359. The summed E-state index contributed by atoms with van der Waals surface area (Å²) in [4.78, 5) is 46.0. The van der Waals surface area contributed by atoms with Gasteiger partial charge in [0.15, 0.2) is 6.10 Å². The number of carbonyl (C=O) groups is 2. The molecule has 0 fully saturated rings. The Balaban J connectivity index is 1.63. The summed E-state index contributed by atoms with van der Waals surface area (Å²) in [5, 5.41) is 3.48. The van der Waals surface area contributed by atoms with Crippen molar-refractivity contribution in [1.82, 2.24) is 15.3 Å². The predicted octanol–water partition coefficient (Wildman–Crippen LogP) is 2.64. The summed E-state index contributed by atoms with van der Waals surface area (Å²) < 4.78 is 5.20. The van der Waals surface area contributed by atoms with Crippen LogP contribution in [0.4, 0.5) is 0 Å². The fraction of sp³-hybridized carbons (Fsp3) is 0.600. The van der Waals surface area contributed by atoms with E-state index in [-0.39, 0.29) is 24.3 Å². The molecule has 2 N–H and O–H groups in total. The molecular formula is C20H27N3O4S. The highest BCUT2D eigenvalue weighted by Crippen LogP contribution is 2.33. The van der Waals surface area contributed by atoms with Gasteiger partial charge in [-0.05, 0) is 58.9 Å². The number of rotatable bonds is 5. The molecule has 1 amide bonds. The molecule has 2 aromatic rings. The largest absolute Gasteiger partial charge is 0.453 e. The van der Waals surface area contributed by atoms with E-state index in [4.69, 9.17) is 4.74 Å². The lowest BCUT2D eigenvalue weighted by molar-refractivity contribution is -0.155. The second-order valence-corrected chi connectivity index (χ2v) is 9.36. The summed E-state index contributed by atoms with van der Waals surface area (Å²) in [7, 11) is 0. The van der Waals surface area contributed by atoms with Crippen LogP contribution >= 0.6 is 11.3 Å². The SMILES string of the molecule is C[C@H](OC(=O)CCc1nc2sc3c(c2c(=O)[nH]1)CCCC3)C(=O)NC(C)(C)C. The number of nitrogens with one attached hydrogen (secondary N) is 2. The Kier molecular flexibility index (Phi) is 5.88. The lowest BCUT2D eigenvalue weighted by Gasteiger charge is -2.23. The zero-order valence-electron chi connectivity index (χ0n) is 16.8. The molecule has 1 atom stereocenters. The molecule has 0 aliphatic heterocycles. The molecule has 0 saturated carbocycles. The molecule has 7 nitrogen and oxygen atoms in total. The summed E-state index contributed by atoms with van der Waals surface area (Å²) >= 11 is 1.58. The number of amides is 1. The first-order valence-electron chi connectivity index (χ1n) is 9.69. The zero-order valence-corrected chi connectivity index (χ0v) is 17.6. The minimum Gasteiger partial charge on any atom is -0.453 e. The van der Waals surface area contributed by atoms with Crippen molar-refractivity contribution in [3.8, 4) is 0 Å². The molecule has 28 heavy (non-hydrogen) atoms. The highest BCUT2D eigenvalue weighted by Gasteiger charge is 2.23. The van der Waals surface area contributed by atoms with Crippen LogP contribution in [-0.4, -0.2) is 33.5 Å². The number of nitrogens with zero attached hydrogens (tertiary/aromatic N) is 1. The Morgan fingerprint density at radius 1 is 1.29 bits per heavy atom. The average molecular weight is 406 g/mol. The van der Waals surface area contributed by atoms with Crippen molar-refractivity contribution in [3.05, 3.63) is 26.6 Å².